The van der Waals surface area contributed by atoms with Crippen LogP contribution in [0.1, 0.15) is 10.9 Å². The van der Waals surface area contributed by atoms with Gasteiger partial charge in [-0.2, -0.15) is 0 Å². The van der Waals surface area contributed by atoms with Crippen molar-refractivity contribution in [1.29, 1.82) is 0 Å². The molecule has 0 bridgehead atoms. The third-order valence-corrected chi connectivity index (χ3v) is 3.00. The predicted octanol–water partition coefficient (Wildman–Crippen LogP) is 4.01. The van der Waals surface area contributed by atoms with Gasteiger partial charge in [0, 0.05) is 10.6 Å². The highest BCUT2D eigenvalue weighted by atomic mass is 35.5. The van der Waals surface area contributed by atoms with Crippen molar-refractivity contribution in [2.24, 2.45) is 0 Å². The molecule has 0 aliphatic rings. The van der Waals surface area contributed by atoms with E-state index >= 15 is 0 Å². The van der Waals surface area contributed by atoms with Crippen LogP contribution in [-0.2, 0) is 4.79 Å². The lowest BCUT2D eigenvalue weighted by Crippen LogP contribution is -2.05. The van der Waals surface area contributed by atoms with Crippen LogP contribution >= 0.6 is 46.4 Å². The first-order valence-corrected chi connectivity index (χ1v) is 5.02. The Morgan fingerprint density at radius 2 is 1.64 bits per heavy atom. The molecule has 1 aromatic carbocycles. The van der Waals surface area contributed by atoms with Crippen LogP contribution in [0.2, 0.25) is 15.1 Å². The summed E-state index contributed by atoms with van der Waals surface area (Å²) < 4.78 is 0. The van der Waals surface area contributed by atoms with Gasteiger partial charge in [-0.05, 0) is 12.1 Å². The van der Waals surface area contributed by atoms with Crippen LogP contribution in [0.5, 0.6) is 0 Å². The van der Waals surface area contributed by atoms with E-state index in [-0.39, 0.29) is 20.6 Å². The minimum atomic E-state index is -1.22. The van der Waals surface area contributed by atoms with Crippen molar-refractivity contribution in [3.05, 3.63) is 32.8 Å². The molecule has 76 valence electrons. The van der Waals surface area contributed by atoms with E-state index < -0.39 is 11.3 Å². The molecule has 1 N–H and O–H groups in total. The van der Waals surface area contributed by atoms with Crippen LogP contribution in [0, 0.1) is 0 Å². The van der Waals surface area contributed by atoms with Crippen molar-refractivity contribution >= 4 is 52.4 Å². The molecule has 6 heteroatoms. The van der Waals surface area contributed by atoms with Crippen molar-refractivity contribution in [2.75, 3.05) is 0 Å². The van der Waals surface area contributed by atoms with Crippen molar-refractivity contribution in [3.63, 3.8) is 0 Å². The molecule has 1 rings (SSSR count). The van der Waals surface area contributed by atoms with Gasteiger partial charge in [0.15, 0.2) is 5.38 Å². The van der Waals surface area contributed by atoms with Gasteiger partial charge in [0.25, 0.3) is 0 Å². The molecule has 0 saturated carbocycles. The highest BCUT2D eigenvalue weighted by Crippen LogP contribution is 2.34. The quantitative estimate of drug-likeness (QED) is 0.653. The maximum Gasteiger partial charge on any atom is 0.326 e. The van der Waals surface area contributed by atoms with Gasteiger partial charge in [-0.1, -0.05) is 34.8 Å². The van der Waals surface area contributed by atoms with Crippen LogP contribution in [0.25, 0.3) is 0 Å². The van der Waals surface area contributed by atoms with Crippen LogP contribution in [0.15, 0.2) is 12.1 Å². The summed E-state index contributed by atoms with van der Waals surface area (Å²) in [5.41, 5.74) is 0.232. The van der Waals surface area contributed by atoms with Crippen LogP contribution in [0.4, 0.5) is 0 Å². The van der Waals surface area contributed by atoms with Gasteiger partial charge in [-0.25, -0.2) is 0 Å². The molecule has 0 amide bonds. The van der Waals surface area contributed by atoms with E-state index in [1.807, 2.05) is 0 Å². The molecule has 0 heterocycles. The Morgan fingerprint density at radius 3 is 2.14 bits per heavy atom. The van der Waals surface area contributed by atoms with Gasteiger partial charge >= 0.3 is 5.97 Å². The van der Waals surface area contributed by atoms with Crippen LogP contribution in [-0.4, -0.2) is 11.1 Å². The lowest BCUT2D eigenvalue weighted by atomic mass is 10.1. The lowest BCUT2D eigenvalue weighted by Gasteiger charge is -2.08. The van der Waals surface area contributed by atoms with Crippen molar-refractivity contribution < 1.29 is 9.90 Å². The Bertz CT molecular complexity index is 378. The van der Waals surface area contributed by atoms with E-state index in [1.54, 1.807) is 0 Å². The Hall–Kier alpha value is -0.150. The summed E-state index contributed by atoms with van der Waals surface area (Å²) >= 11 is 22.7. The standard InChI is InChI=1S/C8H4Cl4O2/c9-4-2-6(11)5(10)1-3(4)7(12)8(13)14/h1-2,7H,(H,13,14). The maximum atomic E-state index is 10.6. The third kappa shape index (κ3) is 2.45. The summed E-state index contributed by atoms with van der Waals surface area (Å²) in [6, 6.07) is 2.71. The molecule has 14 heavy (non-hydrogen) atoms. The summed E-state index contributed by atoms with van der Waals surface area (Å²) in [7, 11) is 0. The van der Waals surface area contributed by atoms with Gasteiger partial charge in [-0.15, -0.1) is 11.6 Å². The first-order valence-electron chi connectivity index (χ1n) is 3.44. The molecule has 0 aliphatic heterocycles. The summed E-state index contributed by atoms with van der Waals surface area (Å²) in [4.78, 5) is 10.6. The topological polar surface area (TPSA) is 37.3 Å². The van der Waals surface area contributed by atoms with Crippen molar-refractivity contribution in [1.82, 2.24) is 0 Å². The number of carboxylic acid groups (broad SMARTS) is 1. The number of carboxylic acids is 1. The number of carbonyl (C=O) groups is 1. The SMILES string of the molecule is O=C(O)C(Cl)c1cc(Cl)c(Cl)cc1Cl. The Labute approximate surface area is 100 Å². The largest absolute Gasteiger partial charge is 0.480 e. The minimum absolute atomic E-state index is 0.182. The fourth-order valence-electron chi connectivity index (χ4n) is 0.865. The van der Waals surface area contributed by atoms with Crippen LogP contribution < -0.4 is 0 Å². The number of rotatable bonds is 2. The summed E-state index contributed by atoms with van der Waals surface area (Å²) in [6.45, 7) is 0. The number of halogens is 4. The second kappa shape index (κ2) is 4.58. The Balaban J connectivity index is 3.22. The van der Waals surface area contributed by atoms with Gasteiger partial charge in [0.05, 0.1) is 10.0 Å². The van der Waals surface area contributed by atoms with E-state index in [9.17, 15) is 4.79 Å². The van der Waals surface area contributed by atoms with E-state index in [0.717, 1.165) is 0 Å². The first-order chi connectivity index (χ1) is 6.43. The monoisotopic (exact) mass is 272 g/mol. The fourth-order valence-corrected chi connectivity index (χ4v) is 1.77. The second-order valence-corrected chi connectivity index (χ2v) is 4.15. The van der Waals surface area contributed by atoms with Gasteiger partial charge in [0.1, 0.15) is 0 Å². The van der Waals surface area contributed by atoms with Crippen LogP contribution in [0.3, 0.4) is 0 Å². The molecule has 0 aliphatic carbocycles. The predicted molar refractivity (Wildman–Crippen MR) is 57.7 cm³/mol. The zero-order valence-electron chi connectivity index (χ0n) is 6.60. The second-order valence-electron chi connectivity index (χ2n) is 2.49. The normalized spacial score (nSPS) is 12.6. The zero-order chi connectivity index (χ0) is 10.9. The molecule has 1 atom stereocenters. The van der Waals surface area contributed by atoms with Gasteiger partial charge in [-0.3, -0.25) is 4.79 Å². The summed E-state index contributed by atoms with van der Waals surface area (Å²) in [6.07, 6.45) is 0. The first kappa shape index (κ1) is 11.9. The molecule has 0 saturated heterocycles. The molecule has 1 unspecified atom stereocenters. The fraction of sp³-hybridized carbons (Fsp3) is 0.125. The summed E-state index contributed by atoms with van der Waals surface area (Å²) in [5, 5.41) is 8.09. The lowest BCUT2D eigenvalue weighted by molar-refractivity contribution is -0.136. The molecule has 1 aromatic rings. The van der Waals surface area contributed by atoms with Gasteiger partial charge < -0.3 is 5.11 Å². The van der Waals surface area contributed by atoms with Gasteiger partial charge in [0.2, 0.25) is 0 Å². The average molecular weight is 274 g/mol. The van der Waals surface area contributed by atoms with E-state index in [4.69, 9.17) is 51.5 Å². The Morgan fingerprint density at radius 1 is 1.14 bits per heavy atom. The molecule has 0 aromatic heterocycles. The summed E-state index contributed by atoms with van der Waals surface area (Å²) in [5.74, 6) is -1.19. The van der Waals surface area contributed by atoms with Crippen molar-refractivity contribution in [2.45, 2.75) is 5.38 Å². The molecular weight excluding hydrogens is 270 g/mol. The highest BCUT2D eigenvalue weighted by molar-refractivity contribution is 6.44. The number of benzene rings is 1. The number of hydrogen-bond acceptors (Lipinski definition) is 1. The average Bonchev–Trinajstić information content (AvgIpc) is 2.10. The number of alkyl halides is 1. The Kier molecular flexibility index (Phi) is 3.90. The molecular formula is C8H4Cl4O2. The number of aliphatic carboxylic acids is 1. The molecule has 0 spiro atoms. The van der Waals surface area contributed by atoms with E-state index in [1.165, 1.54) is 12.1 Å². The third-order valence-electron chi connectivity index (χ3n) is 1.53. The minimum Gasteiger partial charge on any atom is -0.480 e. The zero-order valence-corrected chi connectivity index (χ0v) is 9.62. The highest BCUT2D eigenvalue weighted by Gasteiger charge is 2.20. The molecule has 0 radical (unpaired) electrons. The number of hydrogen-bond donors (Lipinski definition) is 1. The van der Waals surface area contributed by atoms with E-state index in [2.05, 4.69) is 0 Å². The molecule has 2 nitrogen and oxygen atoms in total. The maximum absolute atomic E-state index is 10.6. The molecule has 0 fully saturated rings. The van der Waals surface area contributed by atoms with E-state index in [0.29, 0.717) is 0 Å². The van der Waals surface area contributed by atoms with Crippen molar-refractivity contribution in [3.8, 4) is 0 Å². The smallest absolute Gasteiger partial charge is 0.326 e.